The largest absolute Gasteiger partial charge is 0.333 e. The molecule has 16 heavy (non-hydrogen) atoms. The number of fused-ring (bicyclic) bond motifs is 1. The molecule has 0 amide bonds. The standard InChI is InChI=1S/C10H7ClF2N2O/c1-5(16)6-2-3-8-7(4-6)9(11)14-15(8)10(12)13/h2-4,10H,1H3. The van der Waals surface area contributed by atoms with Gasteiger partial charge in [0.05, 0.1) is 5.52 Å². The van der Waals surface area contributed by atoms with Crippen LogP contribution < -0.4 is 0 Å². The van der Waals surface area contributed by atoms with Gasteiger partial charge in [0.1, 0.15) is 0 Å². The fourth-order valence-corrected chi connectivity index (χ4v) is 1.70. The Kier molecular flexibility index (Phi) is 2.63. The van der Waals surface area contributed by atoms with Crippen LogP contribution in [-0.4, -0.2) is 15.6 Å². The topological polar surface area (TPSA) is 34.9 Å². The predicted octanol–water partition coefficient (Wildman–Crippen LogP) is 3.29. The lowest BCUT2D eigenvalue weighted by atomic mass is 10.1. The van der Waals surface area contributed by atoms with Gasteiger partial charge in [-0.15, -0.1) is 0 Å². The molecule has 0 fully saturated rings. The van der Waals surface area contributed by atoms with Gasteiger partial charge in [-0.05, 0) is 25.1 Å². The highest BCUT2D eigenvalue weighted by Crippen LogP contribution is 2.27. The number of halogens is 3. The molecule has 1 aromatic heterocycles. The van der Waals surface area contributed by atoms with Crippen molar-refractivity contribution in [2.75, 3.05) is 0 Å². The summed E-state index contributed by atoms with van der Waals surface area (Å²) in [5.74, 6) is -0.150. The first-order chi connectivity index (χ1) is 7.50. The summed E-state index contributed by atoms with van der Waals surface area (Å²) in [5.41, 5.74) is 0.633. The van der Waals surface area contributed by atoms with Crippen LogP contribution in [0.15, 0.2) is 18.2 Å². The molecule has 0 spiro atoms. The number of ketones is 1. The van der Waals surface area contributed by atoms with Crippen molar-refractivity contribution in [2.45, 2.75) is 13.5 Å². The van der Waals surface area contributed by atoms with Gasteiger partial charge in [-0.3, -0.25) is 4.79 Å². The number of hydrogen-bond acceptors (Lipinski definition) is 2. The zero-order valence-corrected chi connectivity index (χ0v) is 9.00. The third-order valence-corrected chi connectivity index (χ3v) is 2.53. The number of nitrogens with zero attached hydrogens (tertiary/aromatic N) is 2. The van der Waals surface area contributed by atoms with Gasteiger partial charge in [0.2, 0.25) is 0 Å². The van der Waals surface area contributed by atoms with Gasteiger partial charge in [0.15, 0.2) is 10.9 Å². The fraction of sp³-hybridized carbons (Fsp3) is 0.200. The third kappa shape index (κ3) is 1.67. The van der Waals surface area contributed by atoms with Crippen molar-refractivity contribution in [1.29, 1.82) is 0 Å². The van der Waals surface area contributed by atoms with E-state index in [1.807, 2.05) is 0 Å². The van der Waals surface area contributed by atoms with Gasteiger partial charge < -0.3 is 0 Å². The molecule has 0 unspecified atom stereocenters. The number of alkyl halides is 2. The molecule has 2 aromatic rings. The van der Waals surface area contributed by atoms with Crippen molar-refractivity contribution >= 4 is 28.3 Å². The Labute approximate surface area is 94.6 Å². The molecule has 84 valence electrons. The molecule has 1 aromatic carbocycles. The Morgan fingerprint density at radius 1 is 1.50 bits per heavy atom. The Morgan fingerprint density at radius 2 is 2.19 bits per heavy atom. The minimum atomic E-state index is -2.75. The molecule has 0 aliphatic heterocycles. The van der Waals surface area contributed by atoms with E-state index in [0.29, 0.717) is 15.6 Å². The van der Waals surface area contributed by atoms with Crippen molar-refractivity contribution in [3.63, 3.8) is 0 Å². The number of carbonyl (C=O) groups excluding carboxylic acids is 1. The molecule has 6 heteroatoms. The molecular weight excluding hydrogens is 238 g/mol. The summed E-state index contributed by atoms with van der Waals surface area (Å²) in [5, 5.41) is 3.84. The van der Waals surface area contributed by atoms with E-state index >= 15 is 0 Å². The predicted molar refractivity (Wildman–Crippen MR) is 56.0 cm³/mol. The first-order valence-corrected chi connectivity index (χ1v) is 4.85. The van der Waals surface area contributed by atoms with E-state index in [0.717, 1.165) is 0 Å². The van der Waals surface area contributed by atoms with Crippen molar-refractivity contribution < 1.29 is 13.6 Å². The molecule has 0 atom stereocenters. The molecular formula is C10H7ClF2N2O. The van der Waals surface area contributed by atoms with Crippen LogP contribution in [0.1, 0.15) is 23.8 Å². The first-order valence-electron chi connectivity index (χ1n) is 4.47. The highest BCUT2D eigenvalue weighted by molar-refractivity contribution is 6.34. The Hall–Kier alpha value is -1.49. The number of carbonyl (C=O) groups is 1. The quantitative estimate of drug-likeness (QED) is 0.760. The second kappa shape index (κ2) is 3.83. The van der Waals surface area contributed by atoms with Crippen molar-refractivity contribution in [2.24, 2.45) is 0 Å². The summed E-state index contributed by atoms with van der Waals surface area (Å²) < 4.78 is 25.6. The maximum Gasteiger partial charge on any atom is 0.333 e. The zero-order valence-electron chi connectivity index (χ0n) is 8.25. The van der Waals surface area contributed by atoms with Gasteiger partial charge in [-0.2, -0.15) is 13.9 Å². The second-order valence-electron chi connectivity index (χ2n) is 3.30. The SMILES string of the molecule is CC(=O)c1ccc2c(c1)c(Cl)nn2C(F)F. The van der Waals surface area contributed by atoms with Gasteiger partial charge in [-0.1, -0.05) is 11.6 Å². The van der Waals surface area contributed by atoms with Crippen LogP contribution in [0.25, 0.3) is 10.9 Å². The van der Waals surface area contributed by atoms with Gasteiger partial charge in [-0.25, -0.2) is 4.68 Å². The van der Waals surface area contributed by atoms with Crippen LogP contribution >= 0.6 is 11.6 Å². The summed E-state index contributed by atoms with van der Waals surface area (Å²) in [4.78, 5) is 11.1. The molecule has 3 nitrogen and oxygen atoms in total. The summed E-state index contributed by atoms with van der Waals surface area (Å²) in [6.45, 7) is -1.36. The average molecular weight is 245 g/mol. The number of aromatic nitrogens is 2. The van der Waals surface area contributed by atoms with Crippen LogP contribution in [0.2, 0.25) is 5.15 Å². The van der Waals surface area contributed by atoms with E-state index in [1.165, 1.54) is 25.1 Å². The summed E-state index contributed by atoms with van der Waals surface area (Å²) in [6, 6.07) is 4.35. The Morgan fingerprint density at radius 3 is 2.75 bits per heavy atom. The lowest BCUT2D eigenvalue weighted by molar-refractivity contribution is 0.0615. The minimum absolute atomic E-state index is 0.0293. The normalized spacial score (nSPS) is 11.3. The summed E-state index contributed by atoms with van der Waals surface area (Å²) in [7, 11) is 0. The molecule has 0 aliphatic rings. The molecule has 0 aliphatic carbocycles. The minimum Gasteiger partial charge on any atom is -0.295 e. The van der Waals surface area contributed by atoms with Crippen molar-refractivity contribution in [1.82, 2.24) is 9.78 Å². The molecule has 0 saturated heterocycles. The van der Waals surface area contributed by atoms with Gasteiger partial charge in [0, 0.05) is 10.9 Å². The highest BCUT2D eigenvalue weighted by Gasteiger charge is 2.16. The lowest BCUT2D eigenvalue weighted by Crippen LogP contribution is -1.99. The monoisotopic (exact) mass is 244 g/mol. The smallest absolute Gasteiger partial charge is 0.295 e. The van der Waals surface area contributed by atoms with Crippen LogP contribution in [0, 0.1) is 0 Å². The van der Waals surface area contributed by atoms with E-state index in [1.54, 1.807) is 0 Å². The van der Waals surface area contributed by atoms with Crippen LogP contribution in [0.5, 0.6) is 0 Å². The van der Waals surface area contributed by atoms with E-state index in [-0.39, 0.29) is 16.5 Å². The number of Topliss-reactive ketones (excluding diaryl/α,β-unsaturated/α-hetero) is 1. The maximum atomic E-state index is 12.5. The summed E-state index contributed by atoms with van der Waals surface area (Å²) >= 11 is 5.72. The molecule has 1 heterocycles. The highest BCUT2D eigenvalue weighted by atomic mass is 35.5. The molecule has 0 bridgehead atoms. The summed E-state index contributed by atoms with van der Waals surface area (Å²) in [6.07, 6.45) is 0. The Balaban J connectivity index is 2.71. The Bertz CT molecular complexity index is 565. The zero-order chi connectivity index (χ0) is 11.9. The molecule has 0 radical (unpaired) electrons. The average Bonchev–Trinajstić information content (AvgIpc) is 2.56. The lowest BCUT2D eigenvalue weighted by Gasteiger charge is -2.00. The first kappa shape index (κ1) is 11.0. The van der Waals surface area contributed by atoms with E-state index in [4.69, 9.17) is 11.6 Å². The fourth-order valence-electron chi connectivity index (χ4n) is 1.47. The maximum absolute atomic E-state index is 12.5. The third-order valence-electron chi connectivity index (χ3n) is 2.25. The second-order valence-corrected chi connectivity index (χ2v) is 3.66. The van der Waals surface area contributed by atoms with Crippen LogP contribution in [0.4, 0.5) is 8.78 Å². The van der Waals surface area contributed by atoms with E-state index < -0.39 is 6.55 Å². The van der Waals surface area contributed by atoms with Crippen LogP contribution in [-0.2, 0) is 0 Å². The molecule has 2 rings (SSSR count). The van der Waals surface area contributed by atoms with Crippen LogP contribution in [0.3, 0.4) is 0 Å². The molecule has 0 saturated carbocycles. The van der Waals surface area contributed by atoms with Gasteiger partial charge >= 0.3 is 6.55 Å². The number of benzene rings is 1. The van der Waals surface area contributed by atoms with Gasteiger partial charge in [0.25, 0.3) is 0 Å². The molecule has 0 N–H and O–H groups in total. The number of rotatable bonds is 2. The van der Waals surface area contributed by atoms with E-state index in [2.05, 4.69) is 5.10 Å². The number of hydrogen-bond donors (Lipinski definition) is 0. The van der Waals surface area contributed by atoms with Crippen molar-refractivity contribution in [3.05, 3.63) is 28.9 Å². The van der Waals surface area contributed by atoms with Crippen molar-refractivity contribution in [3.8, 4) is 0 Å². The van der Waals surface area contributed by atoms with E-state index in [9.17, 15) is 13.6 Å².